The van der Waals surface area contributed by atoms with Crippen LogP contribution in [0.5, 0.6) is 11.5 Å². The molecule has 0 bridgehead atoms. The Labute approximate surface area is 156 Å². The first-order chi connectivity index (χ1) is 12.5. The fourth-order valence-electron chi connectivity index (χ4n) is 2.62. The number of benzene rings is 2. The quantitative estimate of drug-likeness (QED) is 0.844. The van der Waals surface area contributed by atoms with Crippen molar-refractivity contribution in [2.75, 3.05) is 19.9 Å². The summed E-state index contributed by atoms with van der Waals surface area (Å²) in [5.74, 6) is 1.12. The van der Waals surface area contributed by atoms with Crippen LogP contribution >= 0.6 is 11.6 Å². The van der Waals surface area contributed by atoms with Crippen molar-refractivity contribution in [3.05, 3.63) is 58.6 Å². The zero-order valence-corrected chi connectivity index (χ0v) is 15.1. The molecule has 3 rings (SSSR count). The van der Waals surface area contributed by atoms with Crippen molar-refractivity contribution >= 4 is 23.4 Å². The number of ether oxygens (including phenoxy) is 2. The fourth-order valence-corrected chi connectivity index (χ4v) is 2.74. The summed E-state index contributed by atoms with van der Waals surface area (Å²) in [5, 5.41) is 3.39. The molecule has 1 heterocycles. The topological polar surface area (TPSA) is 67.9 Å². The van der Waals surface area contributed by atoms with Gasteiger partial charge in [0, 0.05) is 37.1 Å². The van der Waals surface area contributed by atoms with E-state index in [1.54, 1.807) is 29.2 Å². The number of hydrogen-bond donors (Lipinski definition) is 1. The van der Waals surface area contributed by atoms with Gasteiger partial charge >= 0.3 is 0 Å². The standard InChI is InChI=1S/C19H19ClN2O4/c1-13(23)22(11-14-2-7-17-18(10-14)26-12-25-17)9-8-21-19(24)15-3-5-16(20)6-4-15/h2-7,10H,8-9,11-12H2,1H3,(H,21,24). The molecule has 2 aromatic rings. The van der Waals surface area contributed by atoms with Crippen LogP contribution in [0, 0.1) is 0 Å². The van der Waals surface area contributed by atoms with Gasteiger partial charge in [-0.2, -0.15) is 0 Å². The molecular formula is C19H19ClN2O4. The van der Waals surface area contributed by atoms with Crippen molar-refractivity contribution in [3.8, 4) is 11.5 Å². The highest BCUT2D eigenvalue weighted by Gasteiger charge is 2.16. The molecule has 7 heteroatoms. The maximum atomic E-state index is 12.1. The van der Waals surface area contributed by atoms with Crippen molar-refractivity contribution in [2.45, 2.75) is 13.5 Å². The van der Waals surface area contributed by atoms with E-state index in [0.717, 1.165) is 5.56 Å². The largest absolute Gasteiger partial charge is 0.454 e. The molecule has 2 amide bonds. The van der Waals surface area contributed by atoms with Crippen LogP contribution in [0.1, 0.15) is 22.8 Å². The van der Waals surface area contributed by atoms with Crippen molar-refractivity contribution in [2.24, 2.45) is 0 Å². The summed E-state index contributed by atoms with van der Waals surface area (Å²) in [4.78, 5) is 25.7. The number of carbonyl (C=O) groups is 2. The second kappa shape index (κ2) is 8.10. The fraction of sp³-hybridized carbons (Fsp3) is 0.263. The monoisotopic (exact) mass is 374 g/mol. The summed E-state index contributed by atoms with van der Waals surface area (Å²) in [7, 11) is 0. The predicted molar refractivity (Wildman–Crippen MR) is 97.4 cm³/mol. The lowest BCUT2D eigenvalue weighted by Gasteiger charge is -2.21. The van der Waals surface area contributed by atoms with E-state index < -0.39 is 0 Å². The third-order valence-electron chi connectivity index (χ3n) is 4.03. The average Bonchev–Trinajstić information content (AvgIpc) is 3.09. The zero-order chi connectivity index (χ0) is 18.5. The first-order valence-corrected chi connectivity index (χ1v) is 8.58. The third-order valence-corrected chi connectivity index (χ3v) is 4.28. The van der Waals surface area contributed by atoms with Gasteiger partial charge in [0.2, 0.25) is 12.7 Å². The molecule has 1 aliphatic heterocycles. The first kappa shape index (κ1) is 18.1. The van der Waals surface area contributed by atoms with Gasteiger partial charge in [0.05, 0.1) is 0 Å². The molecular weight excluding hydrogens is 356 g/mol. The number of nitrogens with one attached hydrogen (secondary N) is 1. The maximum absolute atomic E-state index is 12.1. The van der Waals surface area contributed by atoms with Gasteiger partial charge in [0.25, 0.3) is 5.91 Å². The van der Waals surface area contributed by atoms with Gasteiger partial charge in [0.1, 0.15) is 0 Å². The number of rotatable bonds is 6. The van der Waals surface area contributed by atoms with Crippen LogP contribution in [0.15, 0.2) is 42.5 Å². The maximum Gasteiger partial charge on any atom is 0.251 e. The van der Waals surface area contributed by atoms with E-state index in [9.17, 15) is 9.59 Å². The molecule has 1 N–H and O–H groups in total. The van der Waals surface area contributed by atoms with Crippen molar-refractivity contribution in [1.82, 2.24) is 10.2 Å². The third kappa shape index (κ3) is 4.46. The van der Waals surface area contributed by atoms with Crippen molar-refractivity contribution in [3.63, 3.8) is 0 Å². The minimum absolute atomic E-state index is 0.0663. The molecule has 0 unspecified atom stereocenters. The van der Waals surface area contributed by atoms with Gasteiger partial charge in [-0.25, -0.2) is 0 Å². The smallest absolute Gasteiger partial charge is 0.251 e. The van der Waals surface area contributed by atoms with E-state index in [1.165, 1.54) is 6.92 Å². The summed E-state index contributed by atoms with van der Waals surface area (Å²) >= 11 is 5.82. The van der Waals surface area contributed by atoms with Gasteiger partial charge in [-0.1, -0.05) is 17.7 Å². The lowest BCUT2D eigenvalue weighted by Crippen LogP contribution is -2.37. The Morgan fingerprint density at radius 1 is 1.12 bits per heavy atom. The number of carbonyl (C=O) groups excluding carboxylic acids is 2. The highest BCUT2D eigenvalue weighted by molar-refractivity contribution is 6.30. The van der Waals surface area contributed by atoms with Crippen molar-refractivity contribution in [1.29, 1.82) is 0 Å². The molecule has 6 nitrogen and oxygen atoms in total. The molecule has 0 atom stereocenters. The zero-order valence-electron chi connectivity index (χ0n) is 14.3. The molecule has 0 saturated heterocycles. The second-order valence-corrected chi connectivity index (χ2v) is 6.33. The van der Waals surface area contributed by atoms with E-state index in [4.69, 9.17) is 21.1 Å². The van der Waals surface area contributed by atoms with Crippen LogP contribution in [0.25, 0.3) is 0 Å². The molecule has 136 valence electrons. The van der Waals surface area contributed by atoms with Gasteiger partial charge in [-0.3, -0.25) is 9.59 Å². The summed E-state index contributed by atoms with van der Waals surface area (Å²) < 4.78 is 10.6. The Balaban J connectivity index is 1.54. The molecule has 0 aromatic heterocycles. The van der Waals surface area contributed by atoms with E-state index in [2.05, 4.69) is 5.32 Å². The van der Waals surface area contributed by atoms with E-state index >= 15 is 0 Å². The molecule has 2 aromatic carbocycles. The summed E-state index contributed by atoms with van der Waals surface area (Å²) in [5.41, 5.74) is 1.47. The Kier molecular flexibility index (Phi) is 5.63. The van der Waals surface area contributed by atoms with E-state index in [0.29, 0.717) is 41.7 Å². The average molecular weight is 375 g/mol. The summed E-state index contributed by atoms with van der Waals surface area (Å²) in [6.07, 6.45) is 0. The molecule has 0 aliphatic carbocycles. The lowest BCUT2D eigenvalue weighted by molar-refractivity contribution is -0.129. The Bertz CT molecular complexity index is 808. The molecule has 26 heavy (non-hydrogen) atoms. The minimum Gasteiger partial charge on any atom is -0.454 e. The summed E-state index contributed by atoms with van der Waals surface area (Å²) in [6, 6.07) is 12.2. The van der Waals surface area contributed by atoms with Crippen LogP contribution in [-0.2, 0) is 11.3 Å². The summed E-state index contributed by atoms with van der Waals surface area (Å²) in [6.45, 7) is 2.91. The number of hydrogen-bond acceptors (Lipinski definition) is 4. The number of nitrogens with zero attached hydrogens (tertiary/aromatic N) is 1. The van der Waals surface area contributed by atoms with Crippen LogP contribution in [0.3, 0.4) is 0 Å². The van der Waals surface area contributed by atoms with Gasteiger partial charge in [-0.05, 0) is 42.0 Å². The SMILES string of the molecule is CC(=O)N(CCNC(=O)c1ccc(Cl)cc1)Cc1ccc2c(c1)OCO2. The van der Waals surface area contributed by atoms with E-state index in [1.807, 2.05) is 18.2 Å². The Hall–Kier alpha value is -2.73. The highest BCUT2D eigenvalue weighted by atomic mass is 35.5. The number of halogens is 1. The van der Waals surface area contributed by atoms with Crippen LogP contribution in [0.4, 0.5) is 0 Å². The lowest BCUT2D eigenvalue weighted by atomic mass is 10.2. The Morgan fingerprint density at radius 3 is 2.58 bits per heavy atom. The first-order valence-electron chi connectivity index (χ1n) is 8.21. The van der Waals surface area contributed by atoms with Crippen LogP contribution in [0.2, 0.25) is 5.02 Å². The van der Waals surface area contributed by atoms with Crippen molar-refractivity contribution < 1.29 is 19.1 Å². The van der Waals surface area contributed by atoms with Gasteiger partial charge < -0.3 is 19.7 Å². The second-order valence-electron chi connectivity index (χ2n) is 5.89. The molecule has 1 aliphatic rings. The Morgan fingerprint density at radius 2 is 1.85 bits per heavy atom. The molecule has 0 spiro atoms. The minimum atomic E-state index is -0.201. The molecule has 0 fully saturated rings. The van der Waals surface area contributed by atoms with Crippen LogP contribution < -0.4 is 14.8 Å². The number of amides is 2. The predicted octanol–water partition coefficient (Wildman–Crippen LogP) is 2.85. The number of fused-ring (bicyclic) bond motifs is 1. The normalized spacial score (nSPS) is 11.9. The molecule has 0 saturated carbocycles. The molecule has 0 radical (unpaired) electrons. The van der Waals surface area contributed by atoms with Crippen LogP contribution in [-0.4, -0.2) is 36.6 Å². The van der Waals surface area contributed by atoms with Gasteiger partial charge in [0.15, 0.2) is 11.5 Å². The van der Waals surface area contributed by atoms with Gasteiger partial charge in [-0.15, -0.1) is 0 Å². The van der Waals surface area contributed by atoms with E-state index in [-0.39, 0.29) is 18.6 Å². The highest BCUT2D eigenvalue weighted by Crippen LogP contribution is 2.32.